The summed E-state index contributed by atoms with van der Waals surface area (Å²) < 4.78 is 8.78. The molecule has 0 saturated heterocycles. The minimum Gasteiger partial charge on any atom is -0.456 e. The average molecular weight is 691 g/mol. The summed E-state index contributed by atoms with van der Waals surface area (Å²) in [5, 5.41) is 6.90. The Hall–Kier alpha value is -7.37. The molecule has 0 aliphatic rings. The van der Waals surface area contributed by atoms with E-state index in [1.165, 1.54) is 21.7 Å². The van der Waals surface area contributed by atoms with E-state index in [-0.39, 0.29) is 0 Å². The van der Waals surface area contributed by atoms with Crippen molar-refractivity contribution in [3.8, 4) is 51.0 Å². The SMILES string of the molecule is c1ccc(-c2nc(-c3ccc4c(c3)oc3ccc(-c5ccc6ccccc6c5)cc34)nc(-c3ccc4c(c3)c3ccccc3n4-c3ccccc3)n2)cc1. The summed E-state index contributed by atoms with van der Waals surface area (Å²) in [4.78, 5) is 15.2. The number of hydrogen-bond acceptors (Lipinski definition) is 4. The van der Waals surface area contributed by atoms with Gasteiger partial charge in [-0.15, -0.1) is 0 Å². The molecule has 8 aromatic carbocycles. The molecule has 0 spiro atoms. The minimum atomic E-state index is 0.588. The Morgan fingerprint density at radius 2 is 0.926 bits per heavy atom. The molecule has 5 heteroatoms. The van der Waals surface area contributed by atoms with E-state index in [4.69, 9.17) is 19.4 Å². The summed E-state index contributed by atoms with van der Waals surface area (Å²) in [7, 11) is 0. The standard InChI is InChI=1S/C49H30N4O/c1-3-12-32(13-4-1)47-50-48(36-22-25-44-41(29-36)39-17-9-10-18-43(39)53(44)38-15-5-2-6-16-38)52-49(51-47)37-21-24-40-42-28-35(23-26-45(42)54-46(40)30-37)34-20-19-31-11-7-8-14-33(31)27-34/h1-30H. The fourth-order valence-corrected chi connectivity index (χ4v) is 7.78. The molecule has 11 aromatic rings. The summed E-state index contributed by atoms with van der Waals surface area (Å²) in [6.45, 7) is 0. The first-order chi connectivity index (χ1) is 26.7. The second-order valence-corrected chi connectivity index (χ2v) is 13.7. The highest BCUT2D eigenvalue weighted by Gasteiger charge is 2.18. The van der Waals surface area contributed by atoms with Crippen molar-refractivity contribution in [3.05, 3.63) is 182 Å². The maximum Gasteiger partial charge on any atom is 0.164 e. The lowest BCUT2D eigenvalue weighted by Crippen LogP contribution is -2.00. The van der Waals surface area contributed by atoms with Crippen LogP contribution < -0.4 is 0 Å². The molecule has 5 nitrogen and oxygen atoms in total. The normalized spacial score (nSPS) is 11.7. The van der Waals surface area contributed by atoms with Gasteiger partial charge in [0.2, 0.25) is 0 Å². The Morgan fingerprint density at radius 1 is 0.333 bits per heavy atom. The van der Waals surface area contributed by atoms with E-state index in [1.807, 2.05) is 36.4 Å². The van der Waals surface area contributed by atoms with Crippen LogP contribution in [0.1, 0.15) is 0 Å². The lowest BCUT2D eigenvalue weighted by atomic mass is 9.99. The van der Waals surface area contributed by atoms with Crippen molar-refractivity contribution in [2.45, 2.75) is 0 Å². The molecule has 0 aliphatic carbocycles. The van der Waals surface area contributed by atoms with Crippen LogP contribution >= 0.6 is 0 Å². The number of aromatic nitrogens is 4. The van der Waals surface area contributed by atoms with Crippen LogP contribution in [0.5, 0.6) is 0 Å². The van der Waals surface area contributed by atoms with E-state index in [1.54, 1.807) is 0 Å². The topological polar surface area (TPSA) is 56.7 Å². The molecule has 0 radical (unpaired) electrons. The number of rotatable bonds is 5. The van der Waals surface area contributed by atoms with Gasteiger partial charge in [0.25, 0.3) is 0 Å². The number of para-hydroxylation sites is 2. The fraction of sp³-hybridized carbons (Fsp3) is 0. The summed E-state index contributed by atoms with van der Waals surface area (Å²) in [6, 6.07) is 63.4. The Bertz CT molecular complexity index is 3220. The van der Waals surface area contributed by atoms with Gasteiger partial charge in [-0.2, -0.15) is 0 Å². The number of nitrogens with zero attached hydrogens (tertiary/aromatic N) is 4. The number of benzene rings is 8. The monoisotopic (exact) mass is 690 g/mol. The molecule has 0 N–H and O–H groups in total. The van der Waals surface area contributed by atoms with Crippen LogP contribution in [-0.4, -0.2) is 19.5 Å². The smallest absolute Gasteiger partial charge is 0.164 e. The van der Waals surface area contributed by atoms with E-state index in [2.05, 4.69) is 150 Å². The predicted octanol–water partition coefficient (Wildman–Crippen LogP) is 12.7. The lowest BCUT2D eigenvalue weighted by Gasteiger charge is -2.10. The maximum absolute atomic E-state index is 6.46. The quantitative estimate of drug-likeness (QED) is 0.180. The van der Waals surface area contributed by atoms with Gasteiger partial charge >= 0.3 is 0 Å². The van der Waals surface area contributed by atoms with Crippen LogP contribution in [0.3, 0.4) is 0 Å². The zero-order chi connectivity index (χ0) is 35.6. The van der Waals surface area contributed by atoms with E-state index >= 15 is 0 Å². The molecule has 0 saturated carbocycles. The second kappa shape index (κ2) is 12.1. The third kappa shape index (κ3) is 4.98. The Labute approximate surface area is 310 Å². The van der Waals surface area contributed by atoms with Crippen LogP contribution in [0, 0.1) is 0 Å². The zero-order valence-corrected chi connectivity index (χ0v) is 29.0. The molecule has 0 amide bonds. The molecule has 54 heavy (non-hydrogen) atoms. The lowest BCUT2D eigenvalue weighted by molar-refractivity contribution is 0.669. The predicted molar refractivity (Wildman–Crippen MR) is 221 cm³/mol. The molecule has 0 fully saturated rings. The molecule has 0 atom stereocenters. The van der Waals surface area contributed by atoms with Gasteiger partial charge in [-0.05, 0) is 88.6 Å². The first-order valence-corrected chi connectivity index (χ1v) is 18.1. The first-order valence-electron chi connectivity index (χ1n) is 18.1. The molecule has 3 heterocycles. The van der Waals surface area contributed by atoms with Crippen molar-refractivity contribution >= 4 is 54.5 Å². The van der Waals surface area contributed by atoms with Crippen molar-refractivity contribution in [2.75, 3.05) is 0 Å². The fourth-order valence-electron chi connectivity index (χ4n) is 7.78. The Morgan fingerprint density at radius 3 is 1.76 bits per heavy atom. The molecule has 252 valence electrons. The van der Waals surface area contributed by atoms with Gasteiger partial charge in [0, 0.05) is 43.9 Å². The van der Waals surface area contributed by atoms with Crippen molar-refractivity contribution in [1.82, 2.24) is 19.5 Å². The van der Waals surface area contributed by atoms with E-state index in [0.717, 1.165) is 66.3 Å². The van der Waals surface area contributed by atoms with Gasteiger partial charge in [0.15, 0.2) is 17.5 Å². The third-order valence-corrected chi connectivity index (χ3v) is 10.4. The van der Waals surface area contributed by atoms with E-state index in [0.29, 0.717) is 17.5 Å². The summed E-state index contributed by atoms with van der Waals surface area (Å²) in [5.41, 5.74) is 10.1. The van der Waals surface area contributed by atoms with Crippen LogP contribution in [0.2, 0.25) is 0 Å². The molecule has 11 rings (SSSR count). The zero-order valence-electron chi connectivity index (χ0n) is 29.0. The number of furan rings is 1. The highest BCUT2D eigenvalue weighted by Crippen LogP contribution is 2.37. The third-order valence-electron chi connectivity index (χ3n) is 10.4. The Balaban J connectivity index is 1.04. The minimum absolute atomic E-state index is 0.588. The molecular formula is C49H30N4O. The van der Waals surface area contributed by atoms with Gasteiger partial charge < -0.3 is 8.98 Å². The molecule has 3 aromatic heterocycles. The van der Waals surface area contributed by atoms with Crippen LogP contribution in [0.25, 0.3) is 105 Å². The summed E-state index contributed by atoms with van der Waals surface area (Å²) >= 11 is 0. The van der Waals surface area contributed by atoms with Crippen LogP contribution in [-0.2, 0) is 0 Å². The molecule has 0 bridgehead atoms. The van der Waals surface area contributed by atoms with Crippen molar-refractivity contribution in [2.24, 2.45) is 0 Å². The van der Waals surface area contributed by atoms with E-state index in [9.17, 15) is 0 Å². The van der Waals surface area contributed by atoms with E-state index < -0.39 is 0 Å². The summed E-state index contributed by atoms with van der Waals surface area (Å²) in [5.74, 6) is 1.82. The maximum atomic E-state index is 6.46. The van der Waals surface area contributed by atoms with Gasteiger partial charge in [-0.3, -0.25) is 0 Å². The number of hydrogen-bond donors (Lipinski definition) is 0. The second-order valence-electron chi connectivity index (χ2n) is 13.7. The van der Waals surface area contributed by atoms with Crippen molar-refractivity contribution < 1.29 is 4.42 Å². The van der Waals surface area contributed by atoms with Crippen molar-refractivity contribution in [1.29, 1.82) is 0 Å². The van der Waals surface area contributed by atoms with Gasteiger partial charge in [-0.25, -0.2) is 15.0 Å². The van der Waals surface area contributed by atoms with Gasteiger partial charge in [-0.1, -0.05) is 115 Å². The highest BCUT2D eigenvalue weighted by molar-refractivity contribution is 6.10. The van der Waals surface area contributed by atoms with Gasteiger partial charge in [0.05, 0.1) is 11.0 Å². The average Bonchev–Trinajstić information content (AvgIpc) is 3.78. The largest absolute Gasteiger partial charge is 0.456 e. The number of fused-ring (bicyclic) bond motifs is 7. The molecule has 0 unspecified atom stereocenters. The highest BCUT2D eigenvalue weighted by atomic mass is 16.3. The summed E-state index contributed by atoms with van der Waals surface area (Å²) in [6.07, 6.45) is 0. The van der Waals surface area contributed by atoms with Crippen LogP contribution in [0.15, 0.2) is 186 Å². The van der Waals surface area contributed by atoms with Gasteiger partial charge in [0.1, 0.15) is 11.2 Å². The van der Waals surface area contributed by atoms with Crippen molar-refractivity contribution in [3.63, 3.8) is 0 Å². The molecule has 0 aliphatic heterocycles. The first kappa shape index (κ1) is 30.3. The van der Waals surface area contributed by atoms with Crippen LogP contribution in [0.4, 0.5) is 0 Å². The molecular weight excluding hydrogens is 661 g/mol. The Kier molecular flexibility index (Phi) is 6.79.